The molecular formula is C20H24N2O6. The summed E-state index contributed by atoms with van der Waals surface area (Å²) in [6.45, 7) is 5.21. The largest absolute Gasteiger partial charge is 0.496 e. The van der Waals surface area contributed by atoms with Crippen LogP contribution in [0.1, 0.15) is 38.9 Å². The number of hydrogen-bond donors (Lipinski definition) is 2. The minimum Gasteiger partial charge on any atom is -0.496 e. The summed E-state index contributed by atoms with van der Waals surface area (Å²) >= 11 is 0. The molecule has 0 unspecified atom stereocenters. The molecule has 0 fully saturated rings. The van der Waals surface area contributed by atoms with E-state index in [1.165, 1.54) is 33.3 Å². The van der Waals surface area contributed by atoms with E-state index in [1.807, 2.05) is 19.9 Å². The van der Waals surface area contributed by atoms with Crippen LogP contribution in [0.3, 0.4) is 0 Å². The van der Waals surface area contributed by atoms with Crippen molar-refractivity contribution in [2.45, 2.75) is 33.3 Å². The van der Waals surface area contributed by atoms with Crippen LogP contribution in [0.4, 0.5) is 11.4 Å². The van der Waals surface area contributed by atoms with Gasteiger partial charge in [0, 0.05) is 18.9 Å². The number of allylic oxidation sites excluding steroid dienone is 1. The Labute approximate surface area is 163 Å². The highest BCUT2D eigenvalue weighted by Crippen LogP contribution is 2.48. The number of methoxy groups -OCH3 is 2. The standard InChI is InChI=1S/C20H24N2O6/c1-11(2)6-9-16(28-12(3)23)13-10-17(26-4)18-14(21-24)7-8-15(22-25)19(18)20(13)27-5/h6-8,10,16,21,24H,9H2,1-5H3/t16-/m1/s1. The Bertz CT molecular complexity index is 919. The summed E-state index contributed by atoms with van der Waals surface area (Å²) in [5.74, 6) is 0.228. The van der Waals surface area contributed by atoms with E-state index in [1.54, 1.807) is 6.07 Å². The van der Waals surface area contributed by atoms with E-state index in [4.69, 9.17) is 14.2 Å². The minimum absolute atomic E-state index is 0.106. The first kappa shape index (κ1) is 21.2. The molecule has 0 spiro atoms. The first-order valence-electron chi connectivity index (χ1n) is 8.63. The van der Waals surface area contributed by atoms with Gasteiger partial charge >= 0.3 is 5.97 Å². The summed E-state index contributed by atoms with van der Waals surface area (Å²) < 4.78 is 16.6. The molecule has 0 aliphatic heterocycles. The van der Waals surface area contributed by atoms with Crippen LogP contribution in [0.5, 0.6) is 11.5 Å². The van der Waals surface area contributed by atoms with Gasteiger partial charge in [-0.3, -0.25) is 15.5 Å². The van der Waals surface area contributed by atoms with E-state index >= 15 is 0 Å². The second kappa shape index (κ2) is 9.18. The lowest BCUT2D eigenvalue weighted by Gasteiger charge is -2.22. The van der Waals surface area contributed by atoms with Gasteiger partial charge in [0.1, 0.15) is 23.3 Å². The summed E-state index contributed by atoms with van der Waals surface area (Å²) in [5.41, 5.74) is 4.11. The van der Waals surface area contributed by atoms with Crippen molar-refractivity contribution in [1.82, 2.24) is 0 Å². The van der Waals surface area contributed by atoms with Gasteiger partial charge in [0.25, 0.3) is 0 Å². The fourth-order valence-electron chi connectivity index (χ4n) is 3.07. The Hall–Kier alpha value is -3.13. The van der Waals surface area contributed by atoms with Crippen molar-refractivity contribution in [2.75, 3.05) is 19.7 Å². The molecule has 8 nitrogen and oxygen atoms in total. The first-order valence-corrected chi connectivity index (χ1v) is 8.63. The number of ether oxygens (including phenoxy) is 3. The number of carbonyl (C=O) groups is 1. The topological polar surface area (TPSA) is 106 Å². The molecule has 0 saturated carbocycles. The van der Waals surface area contributed by atoms with Crippen LogP contribution in [0.15, 0.2) is 35.0 Å². The fraction of sp³-hybridized carbons (Fsp3) is 0.350. The zero-order chi connectivity index (χ0) is 20.8. The van der Waals surface area contributed by atoms with E-state index < -0.39 is 12.1 Å². The molecule has 8 heteroatoms. The molecule has 150 valence electrons. The number of esters is 1. The van der Waals surface area contributed by atoms with Crippen molar-refractivity contribution in [3.63, 3.8) is 0 Å². The van der Waals surface area contributed by atoms with E-state index in [0.29, 0.717) is 39.9 Å². The molecule has 0 saturated heterocycles. The number of anilines is 1. The average Bonchev–Trinajstić information content (AvgIpc) is 2.68. The van der Waals surface area contributed by atoms with E-state index in [-0.39, 0.29) is 5.69 Å². The molecule has 2 rings (SSSR count). The number of nitrogens with one attached hydrogen (secondary N) is 1. The lowest BCUT2D eigenvalue weighted by atomic mass is 9.96. The molecule has 28 heavy (non-hydrogen) atoms. The molecule has 2 N–H and O–H groups in total. The number of hydrogen-bond acceptors (Lipinski definition) is 8. The quantitative estimate of drug-likeness (QED) is 0.283. The third kappa shape index (κ3) is 4.23. The third-order valence-electron chi connectivity index (χ3n) is 4.24. The van der Waals surface area contributed by atoms with Crippen molar-refractivity contribution in [3.05, 3.63) is 40.3 Å². The highest BCUT2D eigenvalue weighted by Gasteiger charge is 2.26. The Balaban J connectivity index is 2.89. The molecule has 0 radical (unpaired) electrons. The summed E-state index contributed by atoms with van der Waals surface area (Å²) in [6, 6.07) is 4.63. The van der Waals surface area contributed by atoms with Gasteiger partial charge < -0.3 is 14.2 Å². The third-order valence-corrected chi connectivity index (χ3v) is 4.24. The summed E-state index contributed by atoms with van der Waals surface area (Å²) in [4.78, 5) is 23.1. The molecule has 0 aliphatic rings. The van der Waals surface area contributed by atoms with Crippen LogP contribution >= 0.6 is 0 Å². The Kier molecular flexibility index (Phi) is 6.94. The van der Waals surface area contributed by atoms with Gasteiger partial charge in [-0.15, -0.1) is 4.91 Å². The van der Waals surface area contributed by atoms with Crippen molar-refractivity contribution in [3.8, 4) is 11.5 Å². The van der Waals surface area contributed by atoms with E-state index in [2.05, 4.69) is 10.7 Å². The number of nitroso groups, excluding NO2 is 1. The van der Waals surface area contributed by atoms with Crippen LogP contribution in [0.25, 0.3) is 10.8 Å². The number of fused-ring (bicyclic) bond motifs is 1. The monoisotopic (exact) mass is 388 g/mol. The summed E-state index contributed by atoms with van der Waals surface area (Å²) in [7, 11) is 2.91. The molecule has 2 aromatic rings. The normalized spacial score (nSPS) is 11.5. The van der Waals surface area contributed by atoms with Gasteiger partial charge in [0.2, 0.25) is 0 Å². The minimum atomic E-state index is -0.661. The average molecular weight is 388 g/mol. The van der Waals surface area contributed by atoms with E-state index in [9.17, 15) is 14.9 Å². The highest BCUT2D eigenvalue weighted by atomic mass is 16.5. The zero-order valence-corrected chi connectivity index (χ0v) is 16.5. The predicted molar refractivity (Wildman–Crippen MR) is 106 cm³/mol. The molecule has 0 amide bonds. The van der Waals surface area contributed by atoms with Crippen LogP contribution in [0.2, 0.25) is 0 Å². The van der Waals surface area contributed by atoms with E-state index in [0.717, 1.165) is 5.57 Å². The summed E-state index contributed by atoms with van der Waals surface area (Å²) in [6.07, 6.45) is 1.69. The van der Waals surface area contributed by atoms with Gasteiger partial charge in [-0.1, -0.05) is 11.6 Å². The second-order valence-electron chi connectivity index (χ2n) is 6.40. The maximum Gasteiger partial charge on any atom is 0.303 e. The SMILES string of the molecule is COc1cc([C@@H](CC=C(C)C)OC(C)=O)c(OC)c2c(N=O)ccc(NO)c12. The Morgan fingerprint density at radius 1 is 1.21 bits per heavy atom. The smallest absolute Gasteiger partial charge is 0.303 e. The fourth-order valence-corrected chi connectivity index (χ4v) is 3.07. The molecule has 0 aromatic heterocycles. The van der Waals surface area contributed by atoms with Gasteiger partial charge in [-0.2, -0.15) is 0 Å². The molecule has 0 bridgehead atoms. The van der Waals surface area contributed by atoms with Crippen LogP contribution in [-0.4, -0.2) is 25.4 Å². The molecule has 0 aliphatic carbocycles. The lowest BCUT2D eigenvalue weighted by molar-refractivity contribution is -0.146. The van der Waals surface area contributed by atoms with Crippen LogP contribution < -0.4 is 15.0 Å². The van der Waals surface area contributed by atoms with Gasteiger partial charge in [-0.25, -0.2) is 0 Å². The van der Waals surface area contributed by atoms with Crippen LogP contribution in [-0.2, 0) is 9.53 Å². The molecular weight excluding hydrogens is 364 g/mol. The van der Waals surface area contributed by atoms with Crippen molar-refractivity contribution >= 4 is 28.1 Å². The van der Waals surface area contributed by atoms with Gasteiger partial charge in [0.15, 0.2) is 0 Å². The highest BCUT2D eigenvalue weighted by molar-refractivity contribution is 6.08. The number of nitrogens with zero attached hydrogens (tertiary/aromatic N) is 1. The number of rotatable bonds is 8. The van der Waals surface area contributed by atoms with Gasteiger partial charge in [-0.05, 0) is 37.2 Å². The lowest BCUT2D eigenvalue weighted by Crippen LogP contribution is -2.10. The zero-order valence-electron chi connectivity index (χ0n) is 16.5. The molecule has 0 heterocycles. The Morgan fingerprint density at radius 3 is 2.43 bits per heavy atom. The Morgan fingerprint density at radius 2 is 1.93 bits per heavy atom. The first-order chi connectivity index (χ1) is 13.4. The van der Waals surface area contributed by atoms with Crippen molar-refractivity contribution < 1.29 is 24.2 Å². The number of carbonyl (C=O) groups excluding carboxylic acids is 1. The van der Waals surface area contributed by atoms with Crippen molar-refractivity contribution in [1.29, 1.82) is 0 Å². The van der Waals surface area contributed by atoms with Crippen molar-refractivity contribution in [2.24, 2.45) is 5.18 Å². The molecule has 1 atom stereocenters. The van der Waals surface area contributed by atoms with Crippen LogP contribution in [0, 0.1) is 4.91 Å². The number of benzene rings is 2. The maximum atomic E-state index is 11.7. The summed E-state index contributed by atoms with van der Waals surface area (Å²) in [5, 5.41) is 13.3. The maximum absolute atomic E-state index is 11.7. The predicted octanol–water partition coefficient (Wildman–Crippen LogP) is 5.02. The molecule has 2 aromatic carbocycles. The second-order valence-corrected chi connectivity index (χ2v) is 6.40. The van der Waals surface area contributed by atoms with Gasteiger partial charge in [0.05, 0.1) is 30.7 Å².